The van der Waals surface area contributed by atoms with Crippen molar-refractivity contribution in [2.45, 2.75) is 84.7 Å². The maximum absolute atomic E-state index is 11.9. The highest BCUT2D eigenvalue weighted by atomic mass is 16.5. The summed E-state index contributed by atoms with van der Waals surface area (Å²) in [6, 6.07) is 0. The lowest BCUT2D eigenvalue weighted by Gasteiger charge is -2.57. The summed E-state index contributed by atoms with van der Waals surface area (Å²) in [7, 11) is 0. The van der Waals surface area contributed by atoms with Crippen LogP contribution in [0.5, 0.6) is 0 Å². The fourth-order valence-electron chi connectivity index (χ4n) is 6.95. The first-order chi connectivity index (χ1) is 11.9. The zero-order valence-corrected chi connectivity index (χ0v) is 16.0. The zero-order valence-electron chi connectivity index (χ0n) is 16.0. The molecule has 25 heavy (non-hydrogen) atoms. The van der Waals surface area contributed by atoms with E-state index in [1.807, 2.05) is 13.0 Å². The molecule has 3 heteroatoms. The van der Waals surface area contributed by atoms with Crippen LogP contribution in [-0.2, 0) is 14.3 Å². The molecular formula is C22H32O3. The summed E-state index contributed by atoms with van der Waals surface area (Å²) in [6.45, 7) is 6.69. The Morgan fingerprint density at radius 3 is 2.68 bits per heavy atom. The SMILES string of the molecule is CCC(=O)OC1CC[C@H]2[C@@H]3CCC4=CC(=O)CC[C@]4(C)[C@H]3CC[C@]12C. The summed E-state index contributed by atoms with van der Waals surface area (Å²) in [4.78, 5) is 23.8. The number of rotatable bonds is 2. The Hall–Kier alpha value is -1.12. The van der Waals surface area contributed by atoms with Crippen LogP contribution in [0.25, 0.3) is 0 Å². The number of fused-ring (bicyclic) bond motifs is 5. The summed E-state index contributed by atoms with van der Waals surface area (Å²) in [5, 5.41) is 0. The van der Waals surface area contributed by atoms with Crippen molar-refractivity contribution >= 4 is 11.8 Å². The summed E-state index contributed by atoms with van der Waals surface area (Å²) >= 11 is 0. The monoisotopic (exact) mass is 344 g/mol. The van der Waals surface area contributed by atoms with E-state index in [2.05, 4.69) is 13.8 Å². The minimum Gasteiger partial charge on any atom is -0.462 e. The van der Waals surface area contributed by atoms with Gasteiger partial charge in [0.1, 0.15) is 6.10 Å². The van der Waals surface area contributed by atoms with Crippen molar-refractivity contribution in [3.05, 3.63) is 11.6 Å². The van der Waals surface area contributed by atoms with Crippen LogP contribution in [0.4, 0.5) is 0 Å². The molecule has 3 nitrogen and oxygen atoms in total. The zero-order chi connectivity index (χ0) is 17.8. The van der Waals surface area contributed by atoms with E-state index in [0.29, 0.717) is 24.0 Å². The summed E-state index contributed by atoms with van der Waals surface area (Å²) in [6.07, 6.45) is 11.3. The molecule has 0 aromatic carbocycles. The molecule has 3 saturated carbocycles. The summed E-state index contributed by atoms with van der Waals surface area (Å²) in [5.41, 5.74) is 1.82. The van der Waals surface area contributed by atoms with Crippen LogP contribution in [0.2, 0.25) is 0 Å². The molecule has 0 spiro atoms. The molecule has 0 radical (unpaired) electrons. The Balaban J connectivity index is 1.59. The first kappa shape index (κ1) is 17.3. The van der Waals surface area contributed by atoms with Crippen LogP contribution in [-0.4, -0.2) is 17.9 Å². The van der Waals surface area contributed by atoms with E-state index in [1.165, 1.54) is 24.8 Å². The molecule has 4 rings (SSSR count). The quantitative estimate of drug-likeness (QED) is 0.673. The van der Waals surface area contributed by atoms with E-state index in [4.69, 9.17) is 4.74 Å². The molecule has 0 amide bonds. The van der Waals surface area contributed by atoms with Crippen LogP contribution >= 0.6 is 0 Å². The Bertz CT molecular complexity index is 621. The minimum atomic E-state index is -0.0411. The number of carbonyl (C=O) groups is 2. The van der Waals surface area contributed by atoms with Crippen molar-refractivity contribution in [2.75, 3.05) is 0 Å². The first-order valence-corrected chi connectivity index (χ1v) is 10.3. The van der Waals surface area contributed by atoms with Gasteiger partial charge in [-0.2, -0.15) is 0 Å². The number of hydrogen-bond acceptors (Lipinski definition) is 3. The molecule has 0 aromatic heterocycles. The van der Waals surface area contributed by atoms with E-state index in [0.717, 1.165) is 38.0 Å². The average Bonchev–Trinajstić information content (AvgIpc) is 2.92. The van der Waals surface area contributed by atoms with Crippen molar-refractivity contribution in [3.63, 3.8) is 0 Å². The van der Waals surface area contributed by atoms with E-state index >= 15 is 0 Å². The molecule has 1 unspecified atom stereocenters. The van der Waals surface area contributed by atoms with Crippen LogP contribution in [0.15, 0.2) is 11.6 Å². The normalized spacial score (nSPS) is 45.9. The third-order valence-corrected chi connectivity index (χ3v) is 8.44. The number of allylic oxidation sites excluding steroid dienone is 1. The van der Waals surface area contributed by atoms with Gasteiger partial charge in [-0.15, -0.1) is 0 Å². The molecule has 0 N–H and O–H groups in total. The molecule has 4 aliphatic rings. The lowest BCUT2D eigenvalue weighted by Crippen LogP contribution is -2.51. The van der Waals surface area contributed by atoms with E-state index in [9.17, 15) is 9.59 Å². The number of ketones is 1. The second-order valence-corrected chi connectivity index (χ2v) is 9.42. The lowest BCUT2D eigenvalue weighted by molar-refractivity contribution is -0.159. The number of hydrogen-bond donors (Lipinski definition) is 0. The summed E-state index contributed by atoms with van der Waals surface area (Å²) in [5.74, 6) is 2.41. The molecule has 0 aliphatic heterocycles. The highest BCUT2D eigenvalue weighted by molar-refractivity contribution is 5.91. The van der Waals surface area contributed by atoms with Crippen LogP contribution in [0.3, 0.4) is 0 Å². The number of esters is 1. The Morgan fingerprint density at radius 1 is 1.12 bits per heavy atom. The van der Waals surface area contributed by atoms with Gasteiger partial charge in [0.15, 0.2) is 5.78 Å². The fourth-order valence-corrected chi connectivity index (χ4v) is 6.95. The number of ether oxygens (including phenoxy) is 1. The van der Waals surface area contributed by atoms with Gasteiger partial charge in [0, 0.05) is 18.3 Å². The standard InChI is InChI=1S/C22H32O3/c1-4-20(24)25-19-8-7-17-16-6-5-14-13-15(23)9-11-21(14,2)18(16)10-12-22(17,19)3/h13,16-19H,4-12H2,1-3H3/t16-,17-,18-,19?,21-,22-/m0/s1. The van der Waals surface area contributed by atoms with Crippen LogP contribution in [0, 0.1) is 28.6 Å². The first-order valence-electron chi connectivity index (χ1n) is 10.3. The molecule has 138 valence electrons. The average molecular weight is 344 g/mol. The third-order valence-electron chi connectivity index (χ3n) is 8.44. The Kier molecular flexibility index (Phi) is 4.12. The van der Waals surface area contributed by atoms with Gasteiger partial charge in [-0.25, -0.2) is 0 Å². The Morgan fingerprint density at radius 2 is 1.92 bits per heavy atom. The molecule has 6 atom stereocenters. The van der Waals surface area contributed by atoms with Crippen molar-refractivity contribution < 1.29 is 14.3 Å². The van der Waals surface area contributed by atoms with Crippen LogP contribution in [0.1, 0.15) is 78.6 Å². The molecular weight excluding hydrogens is 312 g/mol. The third kappa shape index (κ3) is 2.52. The van der Waals surface area contributed by atoms with Gasteiger partial charge in [-0.3, -0.25) is 9.59 Å². The van der Waals surface area contributed by atoms with Gasteiger partial charge in [0.2, 0.25) is 0 Å². The molecule has 0 bridgehead atoms. The van der Waals surface area contributed by atoms with Crippen molar-refractivity contribution in [1.82, 2.24) is 0 Å². The lowest BCUT2D eigenvalue weighted by atomic mass is 9.47. The highest BCUT2D eigenvalue weighted by Gasteiger charge is 2.59. The van der Waals surface area contributed by atoms with E-state index < -0.39 is 0 Å². The van der Waals surface area contributed by atoms with Crippen molar-refractivity contribution in [3.8, 4) is 0 Å². The predicted octanol–water partition coefficient (Wildman–Crippen LogP) is 4.84. The predicted molar refractivity (Wildman–Crippen MR) is 96.9 cm³/mol. The van der Waals surface area contributed by atoms with E-state index in [-0.39, 0.29) is 22.9 Å². The largest absolute Gasteiger partial charge is 0.462 e. The second kappa shape index (κ2) is 5.96. The second-order valence-electron chi connectivity index (χ2n) is 9.42. The van der Waals surface area contributed by atoms with Crippen molar-refractivity contribution in [1.29, 1.82) is 0 Å². The van der Waals surface area contributed by atoms with Gasteiger partial charge in [-0.05, 0) is 74.2 Å². The van der Waals surface area contributed by atoms with Gasteiger partial charge < -0.3 is 4.74 Å². The molecule has 0 saturated heterocycles. The fraction of sp³-hybridized carbons (Fsp3) is 0.818. The molecule has 0 heterocycles. The van der Waals surface area contributed by atoms with Gasteiger partial charge in [0.25, 0.3) is 0 Å². The van der Waals surface area contributed by atoms with Crippen LogP contribution < -0.4 is 0 Å². The van der Waals surface area contributed by atoms with Gasteiger partial charge in [0.05, 0.1) is 0 Å². The van der Waals surface area contributed by atoms with Gasteiger partial charge in [-0.1, -0.05) is 26.3 Å². The summed E-state index contributed by atoms with van der Waals surface area (Å²) < 4.78 is 5.86. The highest BCUT2D eigenvalue weighted by Crippen LogP contribution is 2.65. The topological polar surface area (TPSA) is 43.4 Å². The molecule has 4 aliphatic carbocycles. The smallest absolute Gasteiger partial charge is 0.305 e. The molecule has 0 aromatic rings. The van der Waals surface area contributed by atoms with Crippen molar-refractivity contribution in [2.24, 2.45) is 28.6 Å². The maximum atomic E-state index is 11.9. The Labute approximate surface area is 151 Å². The van der Waals surface area contributed by atoms with E-state index in [1.54, 1.807) is 0 Å². The maximum Gasteiger partial charge on any atom is 0.305 e. The minimum absolute atomic E-state index is 0.0411. The number of carbonyl (C=O) groups excluding carboxylic acids is 2. The van der Waals surface area contributed by atoms with Gasteiger partial charge >= 0.3 is 5.97 Å². The molecule has 3 fully saturated rings.